The van der Waals surface area contributed by atoms with E-state index < -0.39 is 54.2 Å². The molecule has 3 aromatic heterocycles. The molecule has 0 radical (unpaired) electrons. The topological polar surface area (TPSA) is 134 Å². The van der Waals surface area contributed by atoms with E-state index in [1.165, 1.54) is 24.5 Å². The lowest BCUT2D eigenvalue weighted by Gasteiger charge is -2.47. The minimum absolute atomic E-state index is 0.0688. The summed E-state index contributed by atoms with van der Waals surface area (Å²) in [6.45, 7) is 1.24. The maximum Gasteiger partial charge on any atom is 0.417 e. The van der Waals surface area contributed by atoms with Crippen molar-refractivity contribution in [2.45, 2.75) is 44.2 Å². The molecule has 2 unspecified atom stereocenters. The number of anilines is 1. The van der Waals surface area contributed by atoms with Crippen LogP contribution in [-0.4, -0.2) is 71.7 Å². The standard InChI is InChI=1S/C23H21F5N6O4/c1-12-4-6-15(19-29-8-3-9-30-19)17(32-12)20(35)34-11-21(24,25)38-13(2)18(34)23(36,37)33-16-7-5-14(10-31-16)22(26,27)28/h3-10,13,18,36-37H,11H2,1-2H3,(H,31,33). The number of carbonyl (C=O) groups excluding carboxylic acids is 1. The number of aromatic nitrogens is 4. The predicted molar refractivity (Wildman–Crippen MR) is 120 cm³/mol. The Balaban J connectivity index is 1.72. The number of halogens is 5. The SMILES string of the molecule is Cc1ccc(-c2ncccn2)c(C(=O)N2CC(F)(F)OC(C)C2C(O)(O)Nc2ccc(C(F)(F)F)cn2)n1. The number of aliphatic hydroxyl groups is 2. The van der Waals surface area contributed by atoms with Gasteiger partial charge in [-0.25, -0.2) is 19.9 Å². The van der Waals surface area contributed by atoms with Crippen LogP contribution in [0, 0.1) is 6.92 Å². The highest BCUT2D eigenvalue weighted by Crippen LogP contribution is 2.35. The molecule has 0 saturated carbocycles. The van der Waals surface area contributed by atoms with Crippen LogP contribution >= 0.6 is 0 Å². The first-order chi connectivity index (χ1) is 17.7. The molecule has 2 atom stereocenters. The number of carbonyl (C=O) groups is 1. The Kier molecular flexibility index (Phi) is 7.03. The fraction of sp³-hybridized carbons (Fsp3) is 0.348. The maximum atomic E-state index is 14.5. The van der Waals surface area contributed by atoms with Gasteiger partial charge in [-0.2, -0.15) is 22.0 Å². The lowest BCUT2D eigenvalue weighted by atomic mass is 10.0. The zero-order valence-corrected chi connectivity index (χ0v) is 19.8. The van der Waals surface area contributed by atoms with Crippen molar-refractivity contribution >= 4 is 11.7 Å². The first-order valence-corrected chi connectivity index (χ1v) is 11.1. The molecule has 1 aliphatic rings. The molecule has 0 bridgehead atoms. The molecule has 38 heavy (non-hydrogen) atoms. The van der Waals surface area contributed by atoms with Crippen LogP contribution in [0.2, 0.25) is 0 Å². The predicted octanol–water partition coefficient (Wildman–Crippen LogP) is 2.83. The number of alkyl halides is 5. The number of rotatable bonds is 5. The summed E-state index contributed by atoms with van der Waals surface area (Å²) < 4.78 is 72.1. The largest absolute Gasteiger partial charge is 0.417 e. The van der Waals surface area contributed by atoms with E-state index in [4.69, 9.17) is 0 Å². The molecule has 15 heteroatoms. The summed E-state index contributed by atoms with van der Waals surface area (Å²) >= 11 is 0. The van der Waals surface area contributed by atoms with Gasteiger partial charge in [-0.3, -0.25) is 4.79 Å². The third-order valence-corrected chi connectivity index (χ3v) is 5.61. The highest BCUT2D eigenvalue weighted by Gasteiger charge is 2.55. The Labute approximate surface area is 212 Å². The van der Waals surface area contributed by atoms with Gasteiger partial charge in [-0.15, -0.1) is 0 Å². The number of amides is 1. The Morgan fingerprint density at radius 1 is 1.13 bits per heavy atom. The van der Waals surface area contributed by atoms with E-state index in [1.807, 2.05) is 0 Å². The number of aryl methyl sites for hydroxylation is 1. The van der Waals surface area contributed by atoms with E-state index in [2.05, 4.69) is 30.0 Å². The van der Waals surface area contributed by atoms with Crippen molar-refractivity contribution in [3.8, 4) is 11.4 Å². The molecule has 0 aromatic carbocycles. The van der Waals surface area contributed by atoms with Crippen LogP contribution in [0.25, 0.3) is 11.4 Å². The second kappa shape index (κ2) is 9.81. The van der Waals surface area contributed by atoms with E-state index >= 15 is 0 Å². The molecule has 0 aliphatic carbocycles. The first kappa shape index (κ1) is 27.2. The number of morpholine rings is 1. The van der Waals surface area contributed by atoms with E-state index in [9.17, 15) is 37.0 Å². The molecule has 10 nitrogen and oxygen atoms in total. The summed E-state index contributed by atoms with van der Waals surface area (Å²) in [6, 6.07) is 4.09. The van der Waals surface area contributed by atoms with Crippen molar-refractivity contribution in [1.29, 1.82) is 0 Å². The van der Waals surface area contributed by atoms with Gasteiger partial charge in [-0.1, -0.05) is 0 Å². The monoisotopic (exact) mass is 540 g/mol. The van der Waals surface area contributed by atoms with Crippen LogP contribution in [0.4, 0.5) is 27.8 Å². The lowest BCUT2D eigenvalue weighted by Crippen LogP contribution is -2.69. The average molecular weight is 540 g/mol. The second-order valence-corrected chi connectivity index (χ2v) is 8.54. The minimum Gasteiger partial charge on any atom is -0.347 e. The van der Waals surface area contributed by atoms with Crippen molar-refractivity contribution in [2.75, 3.05) is 11.9 Å². The number of nitrogens with zero attached hydrogens (tertiary/aromatic N) is 5. The molecular formula is C23H21F5N6O4. The summed E-state index contributed by atoms with van der Waals surface area (Å²) in [7, 11) is 0. The third kappa shape index (κ3) is 5.69. The molecule has 1 aliphatic heterocycles. The van der Waals surface area contributed by atoms with Crippen LogP contribution in [-0.2, 0) is 10.9 Å². The van der Waals surface area contributed by atoms with Crippen molar-refractivity contribution in [3.63, 3.8) is 0 Å². The van der Waals surface area contributed by atoms with Crippen LogP contribution in [0.3, 0.4) is 0 Å². The Morgan fingerprint density at radius 2 is 1.82 bits per heavy atom. The quantitative estimate of drug-likeness (QED) is 0.330. The summed E-state index contributed by atoms with van der Waals surface area (Å²) in [4.78, 5) is 29.9. The third-order valence-electron chi connectivity index (χ3n) is 5.61. The molecule has 1 amide bonds. The second-order valence-electron chi connectivity index (χ2n) is 8.54. The van der Waals surface area contributed by atoms with E-state index in [-0.39, 0.29) is 17.1 Å². The molecule has 3 N–H and O–H groups in total. The zero-order chi connectivity index (χ0) is 27.9. The smallest absolute Gasteiger partial charge is 0.347 e. The van der Waals surface area contributed by atoms with Crippen molar-refractivity contribution < 1.29 is 41.7 Å². The summed E-state index contributed by atoms with van der Waals surface area (Å²) in [5.41, 5.74) is -0.990. The van der Waals surface area contributed by atoms with E-state index in [1.54, 1.807) is 13.0 Å². The van der Waals surface area contributed by atoms with Crippen molar-refractivity contribution in [3.05, 3.63) is 65.9 Å². The number of pyridine rings is 2. The Morgan fingerprint density at radius 3 is 2.42 bits per heavy atom. The summed E-state index contributed by atoms with van der Waals surface area (Å²) in [6.07, 6.45) is -7.00. The van der Waals surface area contributed by atoms with Gasteiger partial charge >= 0.3 is 12.3 Å². The fourth-order valence-corrected chi connectivity index (χ4v) is 4.04. The molecule has 1 fully saturated rings. The van der Waals surface area contributed by atoms with Gasteiger partial charge in [-0.05, 0) is 44.2 Å². The van der Waals surface area contributed by atoms with Gasteiger partial charge in [0.25, 0.3) is 11.8 Å². The van der Waals surface area contributed by atoms with Gasteiger partial charge in [0.2, 0.25) is 0 Å². The van der Waals surface area contributed by atoms with Gasteiger partial charge in [0, 0.05) is 24.3 Å². The Bertz CT molecular complexity index is 1310. The molecule has 0 spiro atoms. The maximum absolute atomic E-state index is 14.5. The molecule has 4 rings (SSSR count). The molecule has 4 heterocycles. The summed E-state index contributed by atoms with van der Waals surface area (Å²) in [5, 5.41) is 23.9. The number of ether oxygens (including phenoxy) is 1. The van der Waals surface area contributed by atoms with Crippen LogP contribution in [0.1, 0.15) is 28.7 Å². The minimum atomic E-state index is -4.69. The molecular weight excluding hydrogens is 519 g/mol. The van der Waals surface area contributed by atoms with Crippen molar-refractivity contribution in [1.82, 2.24) is 24.8 Å². The highest BCUT2D eigenvalue weighted by molar-refractivity contribution is 5.98. The average Bonchev–Trinajstić information content (AvgIpc) is 2.82. The number of hydrogen-bond acceptors (Lipinski definition) is 9. The van der Waals surface area contributed by atoms with Gasteiger partial charge in [0.15, 0.2) is 5.82 Å². The van der Waals surface area contributed by atoms with Crippen molar-refractivity contribution in [2.24, 2.45) is 0 Å². The molecule has 1 saturated heterocycles. The van der Waals surface area contributed by atoms with Crippen LogP contribution in [0.15, 0.2) is 48.9 Å². The van der Waals surface area contributed by atoms with Crippen LogP contribution in [0.5, 0.6) is 0 Å². The van der Waals surface area contributed by atoms with E-state index in [0.29, 0.717) is 22.9 Å². The normalized spacial score (nSPS) is 19.8. The van der Waals surface area contributed by atoms with Gasteiger partial charge in [0.05, 0.1) is 17.2 Å². The molecule has 202 valence electrons. The first-order valence-electron chi connectivity index (χ1n) is 11.1. The summed E-state index contributed by atoms with van der Waals surface area (Å²) in [5.74, 6) is -4.68. The van der Waals surface area contributed by atoms with E-state index in [0.717, 1.165) is 13.0 Å². The lowest BCUT2D eigenvalue weighted by molar-refractivity contribution is -0.329. The highest BCUT2D eigenvalue weighted by atomic mass is 19.4. The number of hydrogen-bond donors (Lipinski definition) is 3. The molecule has 3 aromatic rings. The number of nitrogens with one attached hydrogen (secondary N) is 1. The van der Waals surface area contributed by atoms with Crippen LogP contribution < -0.4 is 5.32 Å². The van der Waals surface area contributed by atoms with Gasteiger partial charge in [0.1, 0.15) is 24.1 Å². The fourth-order valence-electron chi connectivity index (χ4n) is 4.04. The van der Waals surface area contributed by atoms with Gasteiger partial charge < -0.3 is 25.2 Å². The Hall–Kier alpha value is -3.82. The zero-order valence-electron chi connectivity index (χ0n) is 19.8.